The van der Waals surface area contributed by atoms with Gasteiger partial charge in [-0.15, -0.1) is 0 Å². The third-order valence-electron chi connectivity index (χ3n) is 4.05. The molecule has 0 aliphatic heterocycles. The van der Waals surface area contributed by atoms with Gasteiger partial charge in [0.1, 0.15) is 12.6 Å². The second kappa shape index (κ2) is 10.8. The fraction of sp³-hybridized carbons (Fsp3) is 0.0455. The summed E-state index contributed by atoms with van der Waals surface area (Å²) < 4.78 is 13.1. The SMILES string of the molecule is C=O.CO.O=c1cc[nH]c2ccc(-c3cnc(Cl)c(Nc4ccc(F)cc4)c3)cc12. The highest BCUT2D eigenvalue weighted by Gasteiger charge is 2.08. The van der Waals surface area contributed by atoms with Crippen LogP contribution in [0.25, 0.3) is 22.0 Å². The van der Waals surface area contributed by atoms with Crippen LogP contribution in [0.3, 0.4) is 0 Å². The van der Waals surface area contributed by atoms with Gasteiger partial charge in [-0.2, -0.15) is 0 Å². The average Bonchev–Trinajstić information content (AvgIpc) is 2.80. The number of nitrogens with zero attached hydrogens (tertiary/aromatic N) is 1. The number of nitrogens with one attached hydrogen (secondary N) is 2. The molecule has 8 heteroatoms. The van der Waals surface area contributed by atoms with Gasteiger partial charge in [0.25, 0.3) is 0 Å². The highest BCUT2D eigenvalue weighted by molar-refractivity contribution is 6.32. The number of fused-ring (bicyclic) bond motifs is 1. The number of carbonyl (C=O) groups is 1. The zero-order valence-electron chi connectivity index (χ0n) is 16.0. The number of aliphatic hydroxyl groups excluding tert-OH is 1. The molecule has 0 amide bonds. The van der Waals surface area contributed by atoms with E-state index >= 15 is 0 Å². The number of hydrogen-bond acceptors (Lipinski definition) is 5. The third-order valence-corrected chi connectivity index (χ3v) is 4.36. The number of carbonyl (C=O) groups excluding carboxylic acids is 1. The smallest absolute Gasteiger partial charge is 0.189 e. The Morgan fingerprint density at radius 2 is 1.73 bits per heavy atom. The van der Waals surface area contributed by atoms with Crippen molar-refractivity contribution in [2.75, 3.05) is 12.4 Å². The molecule has 0 unspecified atom stereocenters. The van der Waals surface area contributed by atoms with Crippen LogP contribution in [0.5, 0.6) is 0 Å². The highest BCUT2D eigenvalue weighted by atomic mass is 35.5. The van der Waals surface area contributed by atoms with Crippen LogP contribution in [0.15, 0.2) is 71.8 Å². The van der Waals surface area contributed by atoms with Gasteiger partial charge in [0.2, 0.25) is 0 Å². The minimum absolute atomic E-state index is 0.0489. The summed E-state index contributed by atoms with van der Waals surface area (Å²) in [5.41, 5.74) is 3.67. The Labute approximate surface area is 177 Å². The van der Waals surface area contributed by atoms with E-state index in [9.17, 15) is 9.18 Å². The van der Waals surface area contributed by atoms with Gasteiger partial charge < -0.3 is 20.2 Å². The lowest BCUT2D eigenvalue weighted by Crippen LogP contribution is -2.00. The van der Waals surface area contributed by atoms with E-state index in [-0.39, 0.29) is 11.2 Å². The molecule has 4 aromatic rings. The summed E-state index contributed by atoms with van der Waals surface area (Å²) in [6.45, 7) is 2.00. The van der Waals surface area contributed by atoms with Gasteiger partial charge in [-0.05, 0) is 48.0 Å². The zero-order chi connectivity index (χ0) is 22.1. The molecule has 0 aliphatic rings. The summed E-state index contributed by atoms with van der Waals surface area (Å²) >= 11 is 6.18. The van der Waals surface area contributed by atoms with E-state index < -0.39 is 0 Å². The number of aromatic amines is 1. The maximum Gasteiger partial charge on any atom is 0.189 e. The van der Waals surface area contributed by atoms with Crippen molar-refractivity contribution in [3.8, 4) is 11.1 Å². The molecule has 2 aromatic carbocycles. The first-order chi connectivity index (χ1) is 14.6. The number of H-pyrrole nitrogens is 1. The minimum Gasteiger partial charge on any atom is -0.400 e. The quantitative estimate of drug-likeness (QED) is 0.417. The van der Waals surface area contributed by atoms with Crippen molar-refractivity contribution in [2.24, 2.45) is 0 Å². The molecular weight excluding hydrogens is 409 g/mol. The van der Waals surface area contributed by atoms with Gasteiger partial charge in [-0.1, -0.05) is 17.7 Å². The summed E-state index contributed by atoms with van der Waals surface area (Å²) in [5, 5.41) is 11.0. The van der Waals surface area contributed by atoms with E-state index in [1.165, 1.54) is 18.2 Å². The predicted molar refractivity (Wildman–Crippen MR) is 118 cm³/mol. The number of pyridine rings is 2. The molecule has 0 saturated heterocycles. The van der Waals surface area contributed by atoms with Gasteiger partial charge in [0.05, 0.1) is 5.69 Å². The van der Waals surface area contributed by atoms with E-state index in [1.807, 2.05) is 31.1 Å². The number of anilines is 2. The van der Waals surface area contributed by atoms with Gasteiger partial charge in [0, 0.05) is 47.7 Å². The molecular formula is C22H19ClFN3O3. The van der Waals surface area contributed by atoms with E-state index in [0.29, 0.717) is 21.9 Å². The summed E-state index contributed by atoms with van der Waals surface area (Å²) in [6, 6.07) is 14.9. The van der Waals surface area contributed by atoms with E-state index in [1.54, 1.807) is 24.5 Å². The first-order valence-corrected chi connectivity index (χ1v) is 9.01. The van der Waals surface area contributed by atoms with Crippen molar-refractivity contribution < 1.29 is 14.3 Å². The molecule has 0 saturated carbocycles. The molecule has 3 N–H and O–H groups in total. The topological polar surface area (TPSA) is 95.1 Å². The first-order valence-electron chi connectivity index (χ1n) is 8.64. The van der Waals surface area contributed by atoms with Crippen LogP contribution in [0, 0.1) is 5.82 Å². The molecule has 6 nitrogen and oxygen atoms in total. The first kappa shape index (κ1) is 22.7. The molecule has 0 aliphatic carbocycles. The Balaban J connectivity index is 0.000000757. The lowest BCUT2D eigenvalue weighted by Gasteiger charge is -2.10. The van der Waals surface area contributed by atoms with E-state index in [2.05, 4.69) is 15.3 Å². The van der Waals surface area contributed by atoms with Crippen molar-refractivity contribution in [3.05, 3.63) is 88.2 Å². The Kier molecular flexibility index (Phi) is 8.22. The van der Waals surface area contributed by atoms with Crippen LogP contribution >= 0.6 is 11.6 Å². The van der Waals surface area contributed by atoms with Crippen molar-refractivity contribution >= 4 is 40.7 Å². The minimum atomic E-state index is -0.310. The van der Waals surface area contributed by atoms with Crippen molar-refractivity contribution in [2.45, 2.75) is 0 Å². The molecule has 154 valence electrons. The fourth-order valence-electron chi connectivity index (χ4n) is 2.73. The molecule has 0 fully saturated rings. The molecule has 0 bridgehead atoms. The normalized spacial score (nSPS) is 9.73. The molecule has 0 atom stereocenters. The molecule has 0 radical (unpaired) electrons. The van der Waals surface area contributed by atoms with Crippen LogP contribution in [-0.2, 0) is 4.79 Å². The maximum atomic E-state index is 13.1. The van der Waals surface area contributed by atoms with Crippen LogP contribution < -0.4 is 10.7 Å². The number of rotatable bonds is 3. The number of hydrogen-bond donors (Lipinski definition) is 3. The second-order valence-corrected chi connectivity index (χ2v) is 6.15. The van der Waals surface area contributed by atoms with Crippen molar-refractivity contribution in [1.29, 1.82) is 0 Å². The van der Waals surface area contributed by atoms with E-state index in [4.69, 9.17) is 21.5 Å². The lowest BCUT2D eigenvalue weighted by atomic mass is 10.0. The van der Waals surface area contributed by atoms with Gasteiger partial charge in [0.15, 0.2) is 10.6 Å². The maximum absolute atomic E-state index is 13.1. The Bertz CT molecular complexity index is 1180. The summed E-state index contributed by atoms with van der Waals surface area (Å²) in [6.07, 6.45) is 3.27. The summed E-state index contributed by atoms with van der Waals surface area (Å²) in [5.74, 6) is -0.310. The van der Waals surface area contributed by atoms with Crippen LogP contribution in [0.2, 0.25) is 5.15 Å². The number of benzene rings is 2. The van der Waals surface area contributed by atoms with Gasteiger partial charge in [-0.3, -0.25) is 4.79 Å². The average molecular weight is 428 g/mol. The number of aromatic nitrogens is 2. The fourth-order valence-corrected chi connectivity index (χ4v) is 2.88. The Morgan fingerprint density at radius 1 is 1.03 bits per heavy atom. The molecule has 30 heavy (non-hydrogen) atoms. The van der Waals surface area contributed by atoms with Gasteiger partial charge >= 0.3 is 0 Å². The Morgan fingerprint density at radius 3 is 2.43 bits per heavy atom. The third kappa shape index (κ3) is 5.28. The van der Waals surface area contributed by atoms with Crippen LogP contribution in [0.1, 0.15) is 0 Å². The van der Waals surface area contributed by atoms with Crippen LogP contribution in [-0.4, -0.2) is 29.0 Å². The van der Waals surface area contributed by atoms with Crippen molar-refractivity contribution in [3.63, 3.8) is 0 Å². The summed E-state index contributed by atoms with van der Waals surface area (Å²) in [4.78, 5) is 27.3. The molecule has 2 aromatic heterocycles. The van der Waals surface area contributed by atoms with E-state index in [0.717, 1.165) is 23.8 Å². The predicted octanol–water partition coefficient (Wildman–Crippen LogP) is 4.55. The zero-order valence-corrected chi connectivity index (χ0v) is 16.8. The molecule has 4 rings (SSSR count). The van der Waals surface area contributed by atoms with Crippen molar-refractivity contribution in [1.82, 2.24) is 9.97 Å². The summed E-state index contributed by atoms with van der Waals surface area (Å²) in [7, 11) is 1.00. The number of aliphatic hydroxyl groups is 1. The second-order valence-electron chi connectivity index (χ2n) is 5.80. The lowest BCUT2D eigenvalue weighted by molar-refractivity contribution is -0.0979. The Hall–Kier alpha value is -3.55. The van der Waals surface area contributed by atoms with Crippen LogP contribution in [0.4, 0.5) is 15.8 Å². The largest absolute Gasteiger partial charge is 0.400 e. The monoisotopic (exact) mass is 427 g/mol. The van der Waals surface area contributed by atoms with Gasteiger partial charge in [-0.25, -0.2) is 9.37 Å². The molecule has 0 spiro atoms. The molecule has 2 heterocycles. The highest BCUT2D eigenvalue weighted by Crippen LogP contribution is 2.30. The standard InChI is InChI=1S/C20H13ClFN3O.CH4O.CH2O/c21-20-18(25-15-4-2-14(22)3-5-15)10-13(11-24-20)12-1-6-17-16(9-12)19(26)7-8-23-17;2*1-2/h1-11,25H,(H,23,26);2H,1H3;1H2. The number of halogens is 2.